The SMILES string of the molecule is COCC(=O)Oc1ccc(C(C)(C)C)cc1. The second kappa shape index (κ2) is 5.12. The van der Waals surface area contributed by atoms with Crippen LogP contribution >= 0.6 is 0 Å². The lowest BCUT2D eigenvalue weighted by molar-refractivity contribution is -0.138. The number of benzene rings is 1. The Morgan fingerprint density at radius 2 is 1.75 bits per heavy atom. The minimum Gasteiger partial charge on any atom is -0.425 e. The minimum atomic E-state index is -0.383. The second-order valence-electron chi connectivity index (χ2n) is 4.68. The molecule has 0 unspecified atom stereocenters. The zero-order chi connectivity index (χ0) is 12.2. The van der Waals surface area contributed by atoms with Crippen LogP contribution in [0, 0.1) is 0 Å². The Kier molecular flexibility index (Phi) is 4.07. The quantitative estimate of drug-likeness (QED) is 0.582. The van der Waals surface area contributed by atoms with Crippen molar-refractivity contribution in [3.05, 3.63) is 29.8 Å². The molecule has 0 spiro atoms. The molecule has 0 aromatic heterocycles. The summed E-state index contributed by atoms with van der Waals surface area (Å²) < 4.78 is 9.74. The lowest BCUT2D eigenvalue weighted by Gasteiger charge is -2.18. The molecule has 1 rings (SSSR count). The van der Waals surface area contributed by atoms with E-state index in [2.05, 4.69) is 25.5 Å². The monoisotopic (exact) mass is 222 g/mol. The Morgan fingerprint density at radius 1 is 1.19 bits per heavy atom. The molecule has 0 atom stereocenters. The molecule has 0 aliphatic carbocycles. The van der Waals surface area contributed by atoms with E-state index in [1.54, 1.807) is 12.1 Å². The number of ether oxygens (including phenoxy) is 2. The van der Waals surface area contributed by atoms with Gasteiger partial charge >= 0.3 is 5.97 Å². The molecule has 0 saturated carbocycles. The van der Waals surface area contributed by atoms with Crippen molar-refractivity contribution in [3.63, 3.8) is 0 Å². The first-order valence-corrected chi connectivity index (χ1v) is 5.23. The third-order valence-electron chi connectivity index (χ3n) is 2.21. The molecule has 0 N–H and O–H groups in total. The molecule has 0 radical (unpaired) electrons. The van der Waals surface area contributed by atoms with E-state index in [4.69, 9.17) is 4.74 Å². The number of rotatable bonds is 3. The van der Waals surface area contributed by atoms with Gasteiger partial charge in [-0.05, 0) is 23.1 Å². The number of hydrogen-bond donors (Lipinski definition) is 0. The number of methoxy groups -OCH3 is 1. The van der Waals surface area contributed by atoms with Gasteiger partial charge in [-0.15, -0.1) is 0 Å². The van der Waals surface area contributed by atoms with Crippen molar-refractivity contribution in [2.45, 2.75) is 26.2 Å². The van der Waals surface area contributed by atoms with E-state index in [-0.39, 0.29) is 18.0 Å². The first-order valence-electron chi connectivity index (χ1n) is 5.23. The van der Waals surface area contributed by atoms with Crippen LogP contribution < -0.4 is 4.74 Å². The molecule has 3 nitrogen and oxygen atoms in total. The fourth-order valence-electron chi connectivity index (χ4n) is 1.30. The van der Waals surface area contributed by atoms with E-state index < -0.39 is 0 Å². The Bertz CT molecular complexity index is 346. The molecule has 0 aliphatic heterocycles. The van der Waals surface area contributed by atoms with Gasteiger partial charge in [0, 0.05) is 7.11 Å². The van der Waals surface area contributed by atoms with Crippen molar-refractivity contribution in [1.82, 2.24) is 0 Å². The Hall–Kier alpha value is -1.35. The van der Waals surface area contributed by atoms with Gasteiger partial charge in [0.05, 0.1) is 0 Å². The van der Waals surface area contributed by atoms with Crippen molar-refractivity contribution in [1.29, 1.82) is 0 Å². The number of hydrogen-bond acceptors (Lipinski definition) is 3. The van der Waals surface area contributed by atoms with Gasteiger partial charge < -0.3 is 9.47 Å². The highest BCUT2D eigenvalue weighted by atomic mass is 16.6. The van der Waals surface area contributed by atoms with Gasteiger partial charge in [0.2, 0.25) is 0 Å². The van der Waals surface area contributed by atoms with Crippen LogP contribution in [0.2, 0.25) is 0 Å². The first kappa shape index (κ1) is 12.7. The van der Waals surface area contributed by atoms with Crippen LogP contribution in [0.15, 0.2) is 24.3 Å². The van der Waals surface area contributed by atoms with E-state index in [1.807, 2.05) is 12.1 Å². The maximum Gasteiger partial charge on any atom is 0.337 e. The smallest absolute Gasteiger partial charge is 0.337 e. The molecule has 16 heavy (non-hydrogen) atoms. The van der Waals surface area contributed by atoms with E-state index in [1.165, 1.54) is 12.7 Å². The summed E-state index contributed by atoms with van der Waals surface area (Å²) in [5.41, 5.74) is 1.31. The Morgan fingerprint density at radius 3 is 2.19 bits per heavy atom. The third-order valence-corrected chi connectivity index (χ3v) is 2.21. The average Bonchev–Trinajstić information content (AvgIpc) is 2.17. The summed E-state index contributed by atoms with van der Waals surface area (Å²) in [6.07, 6.45) is 0. The topological polar surface area (TPSA) is 35.5 Å². The predicted octanol–water partition coefficient (Wildman–Crippen LogP) is 2.54. The molecular formula is C13H18O3. The summed E-state index contributed by atoms with van der Waals surface area (Å²) in [7, 11) is 1.46. The van der Waals surface area contributed by atoms with Crippen LogP contribution in [0.3, 0.4) is 0 Å². The van der Waals surface area contributed by atoms with Crippen LogP contribution in [0.25, 0.3) is 0 Å². The summed E-state index contributed by atoms with van der Waals surface area (Å²) >= 11 is 0. The van der Waals surface area contributed by atoms with Gasteiger partial charge in [-0.2, -0.15) is 0 Å². The average molecular weight is 222 g/mol. The largest absolute Gasteiger partial charge is 0.425 e. The fourth-order valence-corrected chi connectivity index (χ4v) is 1.30. The van der Waals surface area contributed by atoms with E-state index in [0.717, 1.165) is 0 Å². The van der Waals surface area contributed by atoms with Gasteiger partial charge in [0.15, 0.2) is 0 Å². The summed E-state index contributed by atoms with van der Waals surface area (Å²) in [6, 6.07) is 7.53. The molecule has 0 heterocycles. The summed E-state index contributed by atoms with van der Waals surface area (Å²) in [4.78, 5) is 11.1. The molecule has 1 aromatic carbocycles. The molecule has 0 amide bonds. The minimum absolute atomic E-state index is 0.0268. The Balaban J connectivity index is 2.69. The van der Waals surface area contributed by atoms with Crippen molar-refractivity contribution >= 4 is 5.97 Å². The molecule has 88 valence electrons. The van der Waals surface area contributed by atoms with Crippen molar-refractivity contribution < 1.29 is 14.3 Å². The molecular weight excluding hydrogens is 204 g/mol. The predicted molar refractivity (Wildman–Crippen MR) is 62.7 cm³/mol. The maximum absolute atomic E-state index is 11.1. The molecule has 3 heteroatoms. The van der Waals surface area contributed by atoms with Crippen molar-refractivity contribution in [3.8, 4) is 5.75 Å². The summed E-state index contributed by atoms with van der Waals surface area (Å²) in [5, 5.41) is 0. The first-order chi connectivity index (χ1) is 7.43. The molecule has 0 bridgehead atoms. The van der Waals surface area contributed by atoms with Crippen molar-refractivity contribution in [2.24, 2.45) is 0 Å². The van der Waals surface area contributed by atoms with Crippen LogP contribution in [0.4, 0.5) is 0 Å². The molecule has 0 saturated heterocycles. The van der Waals surface area contributed by atoms with Gasteiger partial charge in [-0.1, -0.05) is 32.9 Å². The van der Waals surface area contributed by atoms with Gasteiger partial charge in [-0.3, -0.25) is 0 Å². The summed E-state index contributed by atoms with van der Waals surface area (Å²) in [5.74, 6) is 0.168. The van der Waals surface area contributed by atoms with E-state index in [9.17, 15) is 4.79 Å². The van der Waals surface area contributed by atoms with Crippen molar-refractivity contribution in [2.75, 3.05) is 13.7 Å². The normalized spacial score (nSPS) is 11.2. The van der Waals surface area contributed by atoms with Crippen LogP contribution in [-0.4, -0.2) is 19.7 Å². The van der Waals surface area contributed by atoms with Gasteiger partial charge in [0.1, 0.15) is 12.4 Å². The highest BCUT2D eigenvalue weighted by molar-refractivity contribution is 5.73. The van der Waals surface area contributed by atoms with Gasteiger partial charge in [-0.25, -0.2) is 4.79 Å². The van der Waals surface area contributed by atoms with Crippen LogP contribution in [0.5, 0.6) is 5.75 Å². The molecule has 0 aliphatic rings. The zero-order valence-electron chi connectivity index (χ0n) is 10.2. The molecule has 0 fully saturated rings. The zero-order valence-corrected chi connectivity index (χ0v) is 10.2. The third kappa shape index (κ3) is 3.66. The highest BCUT2D eigenvalue weighted by Crippen LogP contribution is 2.24. The second-order valence-corrected chi connectivity index (χ2v) is 4.68. The highest BCUT2D eigenvalue weighted by Gasteiger charge is 2.13. The lowest BCUT2D eigenvalue weighted by atomic mass is 9.87. The van der Waals surface area contributed by atoms with Crippen LogP contribution in [0.1, 0.15) is 26.3 Å². The van der Waals surface area contributed by atoms with Gasteiger partial charge in [0.25, 0.3) is 0 Å². The molecule has 1 aromatic rings. The number of carbonyl (C=O) groups is 1. The number of carbonyl (C=O) groups excluding carboxylic acids is 1. The maximum atomic E-state index is 11.1. The Labute approximate surface area is 96.4 Å². The van der Waals surface area contributed by atoms with E-state index in [0.29, 0.717) is 5.75 Å². The van der Waals surface area contributed by atoms with Crippen LogP contribution in [-0.2, 0) is 14.9 Å². The lowest BCUT2D eigenvalue weighted by Crippen LogP contribution is -2.14. The fraction of sp³-hybridized carbons (Fsp3) is 0.462. The summed E-state index contributed by atoms with van der Waals surface area (Å²) in [6.45, 7) is 6.39. The number of esters is 1. The standard InChI is InChI=1S/C13H18O3/c1-13(2,3)10-5-7-11(8-6-10)16-12(14)9-15-4/h5-8H,9H2,1-4H3. The van der Waals surface area contributed by atoms with E-state index >= 15 is 0 Å².